The molecule has 1 N–H and O–H groups in total. The molecule has 0 rings (SSSR count). The van der Waals surface area contributed by atoms with Crippen molar-refractivity contribution in [3.8, 4) is 0 Å². The van der Waals surface area contributed by atoms with Crippen molar-refractivity contribution < 1.29 is 4.79 Å². The Morgan fingerprint density at radius 1 is 1.14 bits per heavy atom. The fourth-order valence-corrected chi connectivity index (χ4v) is 1.57. The van der Waals surface area contributed by atoms with Gasteiger partial charge in [-0.25, -0.2) is 0 Å². The SMILES string of the molecule is CCCC(CCC)C(=O)NC(C)CC. The van der Waals surface area contributed by atoms with Crippen LogP contribution >= 0.6 is 0 Å². The van der Waals surface area contributed by atoms with Crippen LogP contribution in [0.2, 0.25) is 0 Å². The molecule has 2 nitrogen and oxygen atoms in total. The summed E-state index contributed by atoms with van der Waals surface area (Å²) in [7, 11) is 0. The van der Waals surface area contributed by atoms with Gasteiger partial charge in [-0.05, 0) is 26.2 Å². The summed E-state index contributed by atoms with van der Waals surface area (Å²) < 4.78 is 0. The van der Waals surface area contributed by atoms with Crippen LogP contribution in [0.4, 0.5) is 0 Å². The lowest BCUT2D eigenvalue weighted by Gasteiger charge is -2.18. The lowest BCUT2D eigenvalue weighted by Crippen LogP contribution is -2.36. The highest BCUT2D eigenvalue weighted by Crippen LogP contribution is 2.13. The molecule has 0 aliphatic rings. The van der Waals surface area contributed by atoms with Crippen LogP contribution in [0.25, 0.3) is 0 Å². The molecule has 0 aliphatic heterocycles. The van der Waals surface area contributed by atoms with Gasteiger partial charge >= 0.3 is 0 Å². The van der Waals surface area contributed by atoms with Crippen LogP contribution in [-0.2, 0) is 4.79 Å². The summed E-state index contributed by atoms with van der Waals surface area (Å²) >= 11 is 0. The van der Waals surface area contributed by atoms with Crippen molar-refractivity contribution in [2.24, 2.45) is 5.92 Å². The van der Waals surface area contributed by atoms with Gasteiger partial charge in [-0.2, -0.15) is 0 Å². The highest BCUT2D eigenvalue weighted by molar-refractivity contribution is 5.78. The third-order valence-corrected chi connectivity index (χ3v) is 2.65. The van der Waals surface area contributed by atoms with Crippen LogP contribution in [0.15, 0.2) is 0 Å². The normalized spacial score (nSPS) is 12.9. The molecule has 0 aliphatic carbocycles. The Morgan fingerprint density at radius 3 is 2.00 bits per heavy atom. The molecule has 1 unspecified atom stereocenters. The molecule has 0 heterocycles. The molecule has 14 heavy (non-hydrogen) atoms. The zero-order valence-electron chi connectivity index (χ0n) is 10.1. The second-order valence-corrected chi connectivity index (χ2v) is 4.09. The van der Waals surface area contributed by atoms with E-state index in [9.17, 15) is 4.79 Å². The first-order valence-corrected chi connectivity index (χ1v) is 5.95. The molecule has 1 amide bonds. The molecule has 0 aromatic rings. The van der Waals surface area contributed by atoms with Crippen LogP contribution in [0.3, 0.4) is 0 Å². The highest BCUT2D eigenvalue weighted by atomic mass is 16.1. The number of rotatable bonds is 7. The first-order valence-electron chi connectivity index (χ1n) is 5.95. The van der Waals surface area contributed by atoms with E-state index >= 15 is 0 Å². The fraction of sp³-hybridized carbons (Fsp3) is 0.917. The summed E-state index contributed by atoms with van der Waals surface area (Å²) in [6.07, 6.45) is 5.25. The Labute approximate surface area is 88.5 Å². The quantitative estimate of drug-likeness (QED) is 0.670. The van der Waals surface area contributed by atoms with E-state index in [1.165, 1.54) is 0 Å². The Bertz CT molecular complexity index is 150. The van der Waals surface area contributed by atoms with Crippen molar-refractivity contribution in [2.75, 3.05) is 0 Å². The van der Waals surface area contributed by atoms with Crippen molar-refractivity contribution in [1.82, 2.24) is 5.32 Å². The molecule has 1 atom stereocenters. The minimum atomic E-state index is 0.235. The number of hydrogen-bond acceptors (Lipinski definition) is 1. The summed E-state index contributed by atoms with van der Waals surface area (Å²) in [5.41, 5.74) is 0. The number of nitrogens with one attached hydrogen (secondary N) is 1. The van der Waals surface area contributed by atoms with Crippen LogP contribution in [-0.4, -0.2) is 11.9 Å². The van der Waals surface area contributed by atoms with Gasteiger partial charge in [0.15, 0.2) is 0 Å². The first-order chi connectivity index (χ1) is 6.65. The monoisotopic (exact) mass is 199 g/mol. The lowest BCUT2D eigenvalue weighted by atomic mass is 9.97. The summed E-state index contributed by atoms with van der Waals surface area (Å²) in [5, 5.41) is 3.06. The van der Waals surface area contributed by atoms with Gasteiger partial charge in [0.05, 0.1) is 0 Å². The molecule has 0 aromatic carbocycles. The third kappa shape index (κ3) is 5.25. The van der Waals surface area contributed by atoms with Crippen LogP contribution in [0.5, 0.6) is 0 Å². The number of carbonyl (C=O) groups is 1. The van der Waals surface area contributed by atoms with E-state index in [2.05, 4.69) is 33.0 Å². The molecule has 0 spiro atoms. The maximum Gasteiger partial charge on any atom is 0.223 e. The number of hydrogen-bond donors (Lipinski definition) is 1. The maximum atomic E-state index is 11.8. The van der Waals surface area contributed by atoms with Gasteiger partial charge in [-0.15, -0.1) is 0 Å². The van der Waals surface area contributed by atoms with Crippen LogP contribution in [0, 0.1) is 5.92 Å². The average Bonchev–Trinajstić information content (AvgIpc) is 2.17. The fourth-order valence-electron chi connectivity index (χ4n) is 1.57. The van der Waals surface area contributed by atoms with E-state index in [4.69, 9.17) is 0 Å². The molecule has 0 saturated heterocycles. The standard InChI is InChI=1S/C12H25NO/c1-5-8-11(9-6-2)12(14)13-10(4)7-3/h10-11H,5-9H2,1-4H3,(H,13,14). The van der Waals surface area contributed by atoms with E-state index in [1.807, 2.05) is 0 Å². The average molecular weight is 199 g/mol. The lowest BCUT2D eigenvalue weighted by molar-refractivity contribution is -0.126. The molecule has 0 saturated carbocycles. The Kier molecular flexibility index (Phi) is 7.54. The van der Waals surface area contributed by atoms with Crippen LogP contribution < -0.4 is 5.32 Å². The van der Waals surface area contributed by atoms with Gasteiger partial charge in [0, 0.05) is 12.0 Å². The minimum Gasteiger partial charge on any atom is -0.353 e. The highest BCUT2D eigenvalue weighted by Gasteiger charge is 2.17. The van der Waals surface area contributed by atoms with Crippen LogP contribution in [0.1, 0.15) is 59.8 Å². The molecular formula is C12H25NO. The van der Waals surface area contributed by atoms with Gasteiger partial charge in [-0.1, -0.05) is 33.6 Å². The van der Waals surface area contributed by atoms with Gasteiger partial charge in [0.2, 0.25) is 5.91 Å². The first kappa shape index (κ1) is 13.5. The van der Waals surface area contributed by atoms with Gasteiger partial charge in [-0.3, -0.25) is 4.79 Å². The summed E-state index contributed by atoms with van der Waals surface area (Å²) in [5.74, 6) is 0.488. The topological polar surface area (TPSA) is 29.1 Å². The van der Waals surface area contributed by atoms with Gasteiger partial charge in [0.1, 0.15) is 0 Å². The molecule has 2 heteroatoms. The van der Waals surface area contributed by atoms with Gasteiger partial charge in [0.25, 0.3) is 0 Å². The van der Waals surface area contributed by atoms with Crippen molar-refractivity contribution in [3.05, 3.63) is 0 Å². The molecule has 0 fully saturated rings. The zero-order chi connectivity index (χ0) is 11.0. The smallest absolute Gasteiger partial charge is 0.223 e. The van der Waals surface area contributed by atoms with E-state index in [-0.39, 0.29) is 11.8 Å². The Balaban J connectivity index is 4.00. The number of amides is 1. The summed E-state index contributed by atoms with van der Waals surface area (Å²) in [6.45, 7) is 8.44. The van der Waals surface area contributed by atoms with Crippen molar-refractivity contribution in [2.45, 2.75) is 65.8 Å². The van der Waals surface area contributed by atoms with Crippen molar-refractivity contribution >= 4 is 5.91 Å². The van der Waals surface area contributed by atoms with E-state index in [1.54, 1.807) is 0 Å². The van der Waals surface area contributed by atoms with Gasteiger partial charge < -0.3 is 5.32 Å². The van der Waals surface area contributed by atoms with E-state index in [0.29, 0.717) is 6.04 Å². The third-order valence-electron chi connectivity index (χ3n) is 2.65. The van der Waals surface area contributed by atoms with E-state index < -0.39 is 0 Å². The van der Waals surface area contributed by atoms with E-state index in [0.717, 1.165) is 32.1 Å². The molecule has 0 radical (unpaired) electrons. The Morgan fingerprint density at radius 2 is 1.64 bits per heavy atom. The predicted octanol–water partition coefficient (Wildman–Crippen LogP) is 3.12. The minimum absolute atomic E-state index is 0.235. The second-order valence-electron chi connectivity index (χ2n) is 4.09. The summed E-state index contributed by atoms with van der Waals surface area (Å²) in [6, 6.07) is 0.318. The zero-order valence-corrected chi connectivity index (χ0v) is 10.1. The molecule has 0 aromatic heterocycles. The predicted molar refractivity (Wildman–Crippen MR) is 61.2 cm³/mol. The Hall–Kier alpha value is -0.530. The molecule has 0 bridgehead atoms. The summed E-state index contributed by atoms with van der Waals surface area (Å²) in [4.78, 5) is 11.8. The molecular weight excluding hydrogens is 174 g/mol. The molecule has 84 valence electrons. The maximum absolute atomic E-state index is 11.8. The largest absolute Gasteiger partial charge is 0.353 e. The number of carbonyl (C=O) groups excluding carboxylic acids is 1. The van der Waals surface area contributed by atoms with Crippen molar-refractivity contribution in [3.63, 3.8) is 0 Å². The second kappa shape index (κ2) is 7.84. The van der Waals surface area contributed by atoms with Crippen molar-refractivity contribution in [1.29, 1.82) is 0 Å².